The fourth-order valence-electron chi connectivity index (χ4n) is 1.85. The van der Waals surface area contributed by atoms with Gasteiger partial charge in [0, 0.05) is 30.2 Å². The van der Waals surface area contributed by atoms with Crippen molar-refractivity contribution in [1.82, 2.24) is 0 Å². The van der Waals surface area contributed by atoms with Crippen molar-refractivity contribution in [2.45, 2.75) is 6.10 Å². The number of hydrogen-bond donors (Lipinski definition) is 3. The number of anilines is 2. The van der Waals surface area contributed by atoms with Gasteiger partial charge in [0.05, 0.1) is 12.7 Å². The summed E-state index contributed by atoms with van der Waals surface area (Å²) in [6.07, 6.45) is -0.469. The number of nitrogens with zero attached hydrogens (tertiary/aromatic N) is 1. The van der Waals surface area contributed by atoms with Crippen LogP contribution < -0.4 is 10.2 Å². The Bertz CT molecular complexity index is 424. The summed E-state index contributed by atoms with van der Waals surface area (Å²) in [6.45, 7) is 1.76. The van der Waals surface area contributed by atoms with Gasteiger partial charge in [-0.3, -0.25) is 4.79 Å². The maximum absolute atomic E-state index is 11.7. The minimum absolute atomic E-state index is 0.0162. The Balaban J connectivity index is 1.95. The van der Waals surface area contributed by atoms with Gasteiger partial charge < -0.3 is 20.1 Å². The van der Waals surface area contributed by atoms with E-state index in [2.05, 4.69) is 17.9 Å². The number of aliphatic hydroxyl groups excluding tert-OH is 1. The summed E-state index contributed by atoms with van der Waals surface area (Å²) in [5.74, 6) is 0.408. The molecule has 0 saturated carbocycles. The molecule has 1 unspecified atom stereocenters. The van der Waals surface area contributed by atoms with Crippen LogP contribution >= 0.6 is 12.6 Å². The normalized spacial score (nSPS) is 17.4. The van der Waals surface area contributed by atoms with Gasteiger partial charge in [0.15, 0.2) is 0 Å². The first-order valence-corrected chi connectivity index (χ1v) is 6.85. The predicted molar refractivity (Wildman–Crippen MR) is 78.0 cm³/mol. The maximum Gasteiger partial charge on any atom is 0.253 e. The molecule has 2 N–H and O–H groups in total. The number of amides is 1. The number of morpholine rings is 1. The van der Waals surface area contributed by atoms with Crippen molar-refractivity contribution in [1.29, 1.82) is 0 Å². The fraction of sp³-hybridized carbons (Fsp3) is 0.462. The number of hydrogen-bond acceptors (Lipinski definition) is 5. The highest BCUT2D eigenvalue weighted by Gasteiger charge is 2.19. The smallest absolute Gasteiger partial charge is 0.253 e. The lowest BCUT2D eigenvalue weighted by molar-refractivity contribution is -0.125. The average molecular weight is 282 g/mol. The Hall–Kier alpha value is -1.24. The lowest BCUT2D eigenvalue weighted by atomic mass is 10.2. The quantitative estimate of drug-likeness (QED) is 0.698. The number of rotatable bonds is 5. The Labute approximate surface area is 118 Å². The summed E-state index contributed by atoms with van der Waals surface area (Å²) in [5.41, 5.74) is 1.78. The van der Waals surface area contributed by atoms with Crippen molar-refractivity contribution in [3.63, 3.8) is 0 Å². The highest BCUT2D eigenvalue weighted by molar-refractivity contribution is 7.80. The van der Waals surface area contributed by atoms with Crippen LogP contribution in [-0.2, 0) is 9.53 Å². The van der Waals surface area contributed by atoms with Gasteiger partial charge in [0.25, 0.3) is 5.91 Å². The van der Waals surface area contributed by atoms with Gasteiger partial charge in [0.1, 0.15) is 6.61 Å². The number of ether oxygens (including phenoxy) is 1. The van der Waals surface area contributed by atoms with Crippen molar-refractivity contribution in [2.75, 3.05) is 42.3 Å². The predicted octanol–water partition coefficient (Wildman–Crippen LogP) is 0.752. The van der Waals surface area contributed by atoms with E-state index in [1.165, 1.54) is 0 Å². The van der Waals surface area contributed by atoms with Crippen molar-refractivity contribution < 1.29 is 14.6 Å². The van der Waals surface area contributed by atoms with Gasteiger partial charge in [-0.05, 0) is 24.3 Å². The van der Waals surface area contributed by atoms with E-state index in [1.807, 2.05) is 24.3 Å². The molecule has 1 atom stereocenters. The Morgan fingerprint density at radius 1 is 1.42 bits per heavy atom. The minimum atomic E-state index is -0.469. The van der Waals surface area contributed by atoms with Crippen LogP contribution in [0.5, 0.6) is 0 Å². The van der Waals surface area contributed by atoms with Gasteiger partial charge in [0.2, 0.25) is 0 Å². The number of aliphatic hydroxyl groups is 1. The van der Waals surface area contributed by atoms with Crippen LogP contribution in [0.2, 0.25) is 0 Å². The van der Waals surface area contributed by atoms with Gasteiger partial charge in [-0.15, -0.1) is 0 Å². The van der Waals surface area contributed by atoms with E-state index >= 15 is 0 Å². The first kappa shape index (κ1) is 14.2. The molecule has 1 fully saturated rings. The van der Waals surface area contributed by atoms with Crippen LogP contribution in [-0.4, -0.2) is 49.2 Å². The van der Waals surface area contributed by atoms with Crippen LogP contribution in [0.1, 0.15) is 0 Å². The molecular weight excluding hydrogens is 264 g/mol. The number of benzene rings is 1. The van der Waals surface area contributed by atoms with Gasteiger partial charge in [-0.1, -0.05) is 0 Å². The van der Waals surface area contributed by atoms with E-state index in [9.17, 15) is 9.90 Å². The Kier molecular flexibility index (Phi) is 5.07. The molecule has 1 amide bonds. The molecule has 1 aromatic carbocycles. The molecule has 1 heterocycles. The van der Waals surface area contributed by atoms with Crippen LogP contribution in [0, 0.1) is 0 Å². The summed E-state index contributed by atoms with van der Waals surface area (Å²) in [4.78, 5) is 13.4. The van der Waals surface area contributed by atoms with Gasteiger partial charge in [-0.2, -0.15) is 12.6 Å². The molecule has 5 nitrogen and oxygen atoms in total. The maximum atomic E-state index is 11.7. The van der Waals surface area contributed by atoms with E-state index in [0.717, 1.165) is 11.4 Å². The summed E-state index contributed by atoms with van der Waals surface area (Å²) >= 11 is 4.01. The molecular formula is C13H18N2O3S. The molecule has 1 aromatic rings. The molecule has 104 valence electrons. The molecule has 0 aromatic heterocycles. The molecule has 2 rings (SSSR count). The topological polar surface area (TPSA) is 61.8 Å². The molecule has 1 aliphatic heterocycles. The molecule has 6 heteroatoms. The third kappa shape index (κ3) is 3.86. The highest BCUT2D eigenvalue weighted by atomic mass is 32.1. The monoisotopic (exact) mass is 282 g/mol. The second-order valence-corrected chi connectivity index (χ2v) is 4.73. The lowest BCUT2D eigenvalue weighted by Crippen LogP contribution is -2.41. The second kappa shape index (κ2) is 6.79. The molecule has 19 heavy (non-hydrogen) atoms. The third-order valence-corrected chi connectivity index (χ3v) is 3.34. The molecule has 0 spiro atoms. The second-order valence-electron chi connectivity index (χ2n) is 4.36. The summed E-state index contributed by atoms with van der Waals surface area (Å²) in [6, 6.07) is 7.56. The summed E-state index contributed by atoms with van der Waals surface area (Å²) in [7, 11) is 0. The molecule has 1 saturated heterocycles. The van der Waals surface area contributed by atoms with Gasteiger partial charge >= 0.3 is 0 Å². The SMILES string of the molecule is O=C1COCCN1c1ccc(NCC(O)CS)cc1. The number of carbonyl (C=O) groups is 1. The molecule has 0 aliphatic carbocycles. The standard InChI is InChI=1S/C13H18N2O3S/c16-12(9-19)7-14-10-1-3-11(4-2-10)15-5-6-18-8-13(15)17/h1-4,12,14,16,19H,5-9H2. The first-order chi connectivity index (χ1) is 9.20. The van der Waals surface area contributed by atoms with Crippen LogP contribution in [0.3, 0.4) is 0 Å². The molecule has 1 aliphatic rings. The third-order valence-electron chi connectivity index (χ3n) is 2.92. The van der Waals surface area contributed by atoms with Crippen molar-refractivity contribution in [2.24, 2.45) is 0 Å². The van der Waals surface area contributed by atoms with E-state index < -0.39 is 6.10 Å². The zero-order valence-corrected chi connectivity index (χ0v) is 11.5. The lowest BCUT2D eigenvalue weighted by Gasteiger charge is -2.27. The van der Waals surface area contributed by atoms with E-state index in [4.69, 9.17) is 4.74 Å². The zero-order valence-electron chi connectivity index (χ0n) is 10.6. The minimum Gasteiger partial charge on any atom is -0.390 e. The Morgan fingerprint density at radius 2 is 2.16 bits per heavy atom. The van der Waals surface area contributed by atoms with Gasteiger partial charge in [-0.25, -0.2) is 0 Å². The van der Waals surface area contributed by atoms with Crippen LogP contribution in [0.4, 0.5) is 11.4 Å². The van der Waals surface area contributed by atoms with E-state index in [0.29, 0.717) is 25.4 Å². The van der Waals surface area contributed by atoms with Crippen LogP contribution in [0.25, 0.3) is 0 Å². The van der Waals surface area contributed by atoms with Crippen molar-refractivity contribution >= 4 is 29.9 Å². The molecule has 0 bridgehead atoms. The van der Waals surface area contributed by atoms with E-state index in [-0.39, 0.29) is 12.5 Å². The van der Waals surface area contributed by atoms with Crippen molar-refractivity contribution in [3.05, 3.63) is 24.3 Å². The number of carbonyl (C=O) groups excluding carboxylic acids is 1. The van der Waals surface area contributed by atoms with Crippen LogP contribution in [0.15, 0.2) is 24.3 Å². The molecule has 0 radical (unpaired) electrons. The summed E-state index contributed by atoms with van der Waals surface area (Å²) < 4.78 is 5.10. The average Bonchev–Trinajstić information content (AvgIpc) is 2.46. The summed E-state index contributed by atoms with van der Waals surface area (Å²) in [5, 5.41) is 12.5. The fourth-order valence-corrected chi connectivity index (χ4v) is 1.98. The first-order valence-electron chi connectivity index (χ1n) is 6.21. The van der Waals surface area contributed by atoms with Crippen molar-refractivity contribution in [3.8, 4) is 0 Å². The Morgan fingerprint density at radius 3 is 2.79 bits per heavy atom. The largest absolute Gasteiger partial charge is 0.390 e. The number of thiol groups is 1. The zero-order chi connectivity index (χ0) is 13.7. The number of nitrogens with one attached hydrogen (secondary N) is 1. The highest BCUT2D eigenvalue weighted by Crippen LogP contribution is 2.19. The van der Waals surface area contributed by atoms with E-state index in [1.54, 1.807) is 4.90 Å².